The minimum Gasteiger partial charge on any atom is -0.481 e. The summed E-state index contributed by atoms with van der Waals surface area (Å²) >= 11 is 0. The van der Waals surface area contributed by atoms with Crippen molar-refractivity contribution in [2.75, 3.05) is 6.61 Å². The Bertz CT molecular complexity index is 697. The minimum absolute atomic E-state index is 0.289. The van der Waals surface area contributed by atoms with Crippen LogP contribution in [0, 0.1) is 5.92 Å². The lowest BCUT2D eigenvalue weighted by Gasteiger charge is -2.25. The van der Waals surface area contributed by atoms with Gasteiger partial charge in [-0.2, -0.15) is 0 Å². The topological polar surface area (TPSA) is 251 Å². The molecule has 4 atom stereocenters. The van der Waals surface area contributed by atoms with Crippen molar-refractivity contribution in [2.45, 2.75) is 57.3 Å². The van der Waals surface area contributed by atoms with Gasteiger partial charge in [-0.25, -0.2) is 4.79 Å². The summed E-state index contributed by atoms with van der Waals surface area (Å²) in [6.45, 7) is 2.36. The Morgan fingerprint density at radius 3 is 1.74 bits per heavy atom. The van der Waals surface area contributed by atoms with Crippen LogP contribution in [0.1, 0.15) is 33.1 Å². The first-order valence-electron chi connectivity index (χ1n) is 9.30. The Hall–Kier alpha value is -3.26. The summed E-state index contributed by atoms with van der Waals surface area (Å²) in [4.78, 5) is 70.2. The molecule has 14 nitrogen and oxygen atoms in total. The number of carbonyl (C=O) groups is 6. The largest absolute Gasteiger partial charge is 0.481 e. The second-order valence-corrected chi connectivity index (χ2v) is 7.08. The van der Waals surface area contributed by atoms with Gasteiger partial charge >= 0.3 is 11.9 Å². The Balaban J connectivity index is 5.51. The van der Waals surface area contributed by atoms with Crippen LogP contribution in [-0.4, -0.2) is 81.7 Å². The summed E-state index contributed by atoms with van der Waals surface area (Å²) < 4.78 is 0. The summed E-state index contributed by atoms with van der Waals surface area (Å²) in [5, 5.41) is 33.1. The van der Waals surface area contributed by atoms with Gasteiger partial charge in [0.25, 0.3) is 0 Å². The van der Waals surface area contributed by atoms with Crippen LogP contribution in [0.4, 0.5) is 0 Å². The van der Waals surface area contributed by atoms with Gasteiger partial charge in [-0.05, 0) is 12.3 Å². The Morgan fingerprint density at radius 2 is 1.32 bits per heavy atom. The normalized spacial score (nSPS) is 14.6. The first-order valence-corrected chi connectivity index (χ1v) is 9.30. The molecule has 0 fully saturated rings. The fraction of sp³-hybridized carbons (Fsp3) is 0.647. The van der Waals surface area contributed by atoms with E-state index in [4.69, 9.17) is 26.8 Å². The van der Waals surface area contributed by atoms with Crippen molar-refractivity contribution in [2.24, 2.45) is 17.4 Å². The standard InChI is InChI=1S/C17H29N5O9/c1-7(2)13(19)16(29)20-8(3-4-12(25)26)14(27)21-9(5-11(18)24)15(28)22-10(6-23)17(30)31/h7-10,13,23H,3-6,19H2,1-2H3,(H2,18,24)(H,20,29)(H,21,27)(H,22,28)(H,25,26)(H,30,31). The van der Waals surface area contributed by atoms with Crippen molar-refractivity contribution < 1.29 is 44.1 Å². The van der Waals surface area contributed by atoms with E-state index in [2.05, 4.69) is 10.6 Å². The van der Waals surface area contributed by atoms with Crippen molar-refractivity contribution >= 4 is 35.6 Å². The molecule has 0 aliphatic heterocycles. The average Bonchev–Trinajstić information content (AvgIpc) is 2.66. The lowest BCUT2D eigenvalue weighted by molar-refractivity contribution is -0.143. The molecule has 31 heavy (non-hydrogen) atoms. The maximum atomic E-state index is 12.6. The highest BCUT2D eigenvalue weighted by Crippen LogP contribution is 2.04. The molecule has 0 heterocycles. The molecule has 4 unspecified atom stereocenters. The first-order chi connectivity index (χ1) is 14.3. The van der Waals surface area contributed by atoms with E-state index in [-0.39, 0.29) is 12.3 Å². The predicted octanol–water partition coefficient (Wildman–Crippen LogP) is -3.76. The number of rotatable bonds is 14. The smallest absolute Gasteiger partial charge is 0.328 e. The van der Waals surface area contributed by atoms with Crippen molar-refractivity contribution in [1.82, 2.24) is 16.0 Å². The summed E-state index contributed by atoms with van der Waals surface area (Å²) in [6.07, 6.45) is -1.58. The highest BCUT2D eigenvalue weighted by molar-refractivity contribution is 5.96. The van der Waals surface area contributed by atoms with Gasteiger partial charge in [0.05, 0.1) is 19.1 Å². The number of hydrogen-bond donors (Lipinski definition) is 8. The lowest BCUT2D eigenvalue weighted by atomic mass is 10.0. The number of primary amides is 1. The summed E-state index contributed by atoms with van der Waals surface area (Å²) in [5.74, 6) is -6.98. The van der Waals surface area contributed by atoms with E-state index >= 15 is 0 Å². The second-order valence-electron chi connectivity index (χ2n) is 7.08. The molecule has 0 aliphatic carbocycles. The van der Waals surface area contributed by atoms with E-state index in [0.717, 1.165) is 0 Å². The molecule has 0 saturated heterocycles. The Kier molecular flexibility index (Phi) is 11.7. The van der Waals surface area contributed by atoms with E-state index < -0.39 is 79.2 Å². The third kappa shape index (κ3) is 10.4. The maximum absolute atomic E-state index is 12.6. The molecule has 176 valence electrons. The van der Waals surface area contributed by atoms with Crippen molar-refractivity contribution in [3.05, 3.63) is 0 Å². The number of hydrogen-bond acceptors (Lipinski definition) is 8. The van der Waals surface area contributed by atoms with Gasteiger partial charge in [-0.3, -0.25) is 24.0 Å². The van der Waals surface area contributed by atoms with Crippen molar-refractivity contribution in [1.29, 1.82) is 0 Å². The van der Waals surface area contributed by atoms with Crippen LogP contribution in [0.2, 0.25) is 0 Å². The van der Waals surface area contributed by atoms with Crippen molar-refractivity contribution in [3.8, 4) is 0 Å². The molecule has 10 N–H and O–H groups in total. The fourth-order valence-corrected chi connectivity index (χ4v) is 2.25. The van der Waals surface area contributed by atoms with Crippen LogP contribution in [0.5, 0.6) is 0 Å². The van der Waals surface area contributed by atoms with Crippen LogP contribution in [-0.2, 0) is 28.8 Å². The molecule has 0 saturated carbocycles. The van der Waals surface area contributed by atoms with Gasteiger partial charge in [-0.15, -0.1) is 0 Å². The Labute approximate surface area is 177 Å². The quantitative estimate of drug-likeness (QED) is 0.129. The number of carboxylic acids is 2. The summed E-state index contributed by atoms with van der Waals surface area (Å²) in [5.41, 5.74) is 10.8. The summed E-state index contributed by atoms with van der Waals surface area (Å²) in [6, 6.07) is -5.75. The molecule has 14 heteroatoms. The van der Waals surface area contributed by atoms with Crippen LogP contribution in [0.15, 0.2) is 0 Å². The number of aliphatic hydroxyl groups is 1. The number of carbonyl (C=O) groups excluding carboxylic acids is 4. The third-order valence-electron chi connectivity index (χ3n) is 4.14. The highest BCUT2D eigenvalue weighted by atomic mass is 16.4. The van der Waals surface area contributed by atoms with Crippen LogP contribution in [0.25, 0.3) is 0 Å². The second kappa shape index (κ2) is 13.1. The van der Waals surface area contributed by atoms with E-state index in [1.807, 2.05) is 5.32 Å². The van der Waals surface area contributed by atoms with Gasteiger partial charge in [0.15, 0.2) is 0 Å². The molecule has 4 amide bonds. The number of aliphatic hydroxyl groups excluding tert-OH is 1. The van der Waals surface area contributed by atoms with Crippen LogP contribution < -0.4 is 27.4 Å². The van der Waals surface area contributed by atoms with E-state index in [0.29, 0.717) is 0 Å². The van der Waals surface area contributed by atoms with Gasteiger partial charge < -0.3 is 42.7 Å². The first kappa shape index (κ1) is 27.7. The predicted molar refractivity (Wildman–Crippen MR) is 104 cm³/mol. The van der Waals surface area contributed by atoms with Crippen molar-refractivity contribution in [3.63, 3.8) is 0 Å². The molecule has 0 radical (unpaired) electrons. The molecule has 0 rings (SSSR count). The fourth-order valence-electron chi connectivity index (χ4n) is 2.25. The summed E-state index contributed by atoms with van der Waals surface area (Å²) in [7, 11) is 0. The maximum Gasteiger partial charge on any atom is 0.328 e. The highest BCUT2D eigenvalue weighted by Gasteiger charge is 2.31. The van der Waals surface area contributed by atoms with Gasteiger partial charge in [0.1, 0.15) is 18.1 Å². The number of nitrogens with two attached hydrogens (primary N) is 2. The molecule has 0 aliphatic rings. The molecule has 0 aromatic heterocycles. The Morgan fingerprint density at radius 1 is 0.839 bits per heavy atom. The zero-order chi connectivity index (χ0) is 24.3. The van der Waals surface area contributed by atoms with E-state index in [1.165, 1.54) is 0 Å². The zero-order valence-electron chi connectivity index (χ0n) is 17.2. The van der Waals surface area contributed by atoms with Gasteiger partial charge in [0, 0.05) is 6.42 Å². The number of amides is 4. The van der Waals surface area contributed by atoms with E-state index in [1.54, 1.807) is 13.8 Å². The molecular formula is C17H29N5O9. The number of aliphatic carboxylic acids is 2. The lowest BCUT2D eigenvalue weighted by Crippen LogP contribution is -2.58. The number of carboxylic acid groups (broad SMARTS) is 2. The third-order valence-corrected chi connectivity index (χ3v) is 4.14. The molecular weight excluding hydrogens is 418 g/mol. The molecule has 0 spiro atoms. The van der Waals surface area contributed by atoms with Crippen LogP contribution in [0.3, 0.4) is 0 Å². The SMILES string of the molecule is CC(C)C(N)C(=O)NC(CCC(=O)O)C(=O)NC(CC(N)=O)C(=O)NC(CO)C(=O)O. The zero-order valence-corrected chi connectivity index (χ0v) is 17.2. The van der Waals surface area contributed by atoms with Crippen LogP contribution >= 0.6 is 0 Å². The van der Waals surface area contributed by atoms with Gasteiger partial charge in [-0.1, -0.05) is 13.8 Å². The van der Waals surface area contributed by atoms with Gasteiger partial charge in [0.2, 0.25) is 23.6 Å². The monoisotopic (exact) mass is 447 g/mol. The number of nitrogens with one attached hydrogen (secondary N) is 3. The average molecular weight is 447 g/mol. The molecule has 0 bridgehead atoms. The molecule has 0 aromatic rings. The molecule has 0 aromatic carbocycles. The minimum atomic E-state index is -1.70. The van der Waals surface area contributed by atoms with E-state index in [9.17, 15) is 28.8 Å².